The average Bonchev–Trinajstić information content (AvgIpc) is 2.38. The Balaban J connectivity index is 1.78. The lowest BCUT2D eigenvalue weighted by Crippen LogP contribution is -2.33. The number of amides is 1. The number of nitrogens with zero attached hydrogens (tertiary/aromatic N) is 1. The van der Waals surface area contributed by atoms with Gasteiger partial charge in [0.1, 0.15) is 0 Å². The van der Waals surface area contributed by atoms with Crippen molar-refractivity contribution < 1.29 is 4.79 Å². The predicted molar refractivity (Wildman–Crippen MR) is 78.8 cm³/mol. The van der Waals surface area contributed by atoms with Gasteiger partial charge in [0.2, 0.25) is 5.91 Å². The number of rotatable bonds is 4. The molecule has 19 heavy (non-hydrogen) atoms. The first-order chi connectivity index (χ1) is 9.25. The van der Waals surface area contributed by atoms with Crippen LogP contribution in [0, 0.1) is 0 Å². The van der Waals surface area contributed by atoms with Crippen molar-refractivity contribution in [3.63, 3.8) is 0 Å². The van der Waals surface area contributed by atoms with Crippen LogP contribution < -0.4 is 5.73 Å². The van der Waals surface area contributed by atoms with Gasteiger partial charge in [0.05, 0.1) is 0 Å². The lowest BCUT2D eigenvalue weighted by Gasteiger charge is -2.24. The van der Waals surface area contributed by atoms with Gasteiger partial charge in [-0.3, -0.25) is 4.79 Å². The van der Waals surface area contributed by atoms with Crippen molar-refractivity contribution in [1.29, 1.82) is 0 Å². The molecule has 1 fully saturated rings. The number of aryl methyl sites for hydroxylation is 1. The van der Waals surface area contributed by atoms with Crippen LogP contribution in [0.1, 0.15) is 44.1 Å². The van der Waals surface area contributed by atoms with E-state index in [4.69, 9.17) is 5.73 Å². The van der Waals surface area contributed by atoms with Gasteiger partial charge < -0.3 is 10.6 Å². The summed E-state index contributed by atoms with van der Waals surface area (Å²) in [6.07, 6.45) is 7.44. The molecule has 0 bridgehead atoms. The zero-order chi connectivity index (χ0) is 13.5. The van der Waals surface area contributed by atoms with Gasteiger partial charge in [-0.15, -0.1) is 0 Å². The molecule has 0 saturated carbocycles. The van der Waals surface area contributed by atoms with E-state index < -0.39 is 0 Å². The first-order valence-electron chi connectivity index (χ1n) is 7.38. The summed E-state index contributed by atoms with van der Waals surface area (Å²) < 4.78 is 0. The highest BCUT2D eigenvalue weighted by molar-refractivity contribution is 5.76. The molecule has 1 aromatic carbocycles. The second-order valence-corrected chi connectivity index (χ2v) is 5.39. The Morgan fingerprint density at radius 1 is 1.16 bits per heavy atom. The Labute approximate surface area is 115 Å². The maximum atomic E-state index is 12.0. The Morgan fingerprint density at radius 2 is 2.00 bits per heavy atom. The highest BCUT2D eigenvalue weighted by Gasteiger charge is 2.14. The molecule has 1 aliphatic rings. The van der Waals surface area contributed by atoms with Crippen molar-refractivity contribution in [2.45, 2.75) is 44.9 Å². The Hall–Kier alpha value is -1.51. The second kappa shape index (κ2) is 7.17. The normalized spacial score (nSPS) is 17.1. The quantitative estimate of drug-likeness (QED) is 0.846. The van der Waals surface area contributed by atoms with Crippen LogP contribution in [0.25, 0.3) is 0 Å². The summed E-state index contributed by atoms with van der Waals surface area (Å²) in [5, 5.41) is 0. The zero-order valence-electron chi connectivity index (χ0n) is 11.6. The molecule has 0 spiro atoms. The fourth-order valence-electron chi connectivity index (χ4n) is 2.67. The monoisotopic (exact) mass is 260 g/mol. The summed E-state index contributed by atoms with van der Waals surface area (Å²) in [5.74, 6) is 0.340. The molecule has 1 heterocycles. The number of anilines is 1. The van der Waals surface area contributed by atoms with Crippen LogP contribution in [0.4, 0.5) is 5.69 Å². The van der Waals surface area contributed by atoms with Crippen LogP contribution in [0.3, 0.4) is 0 Å². The molecule has 1 saturated heterocycles. The first kappa shape index (κ1) is 13.9. The van der Waals surface area contributed by atoms with Gasteiger partial charge in [0, 0.05) is 25.2 Å². The van der Waals surface area contributed by atoms with E-state index in [1.807, 2.05) is 23.1 Å². The zero-order valence-corrected chi connectivity index (χ0v) is 11.6. The molecule has 1 aromatic rings. The minimum Gasteiger partial charge on any atom is -0.399 e. The number of carbonyl (C=O) groups excluding carboxylic acids is 1. The molecule has 3 nitrogen and oxygen atoms in total. The van der Waals surface area contributed by atoms with Crippen LogP contribution in [-0.4, -0.2) is 23.9 Å². The maximum Gasteiger partial charge on any atom is 0.222 e. The highest BCUT2D eigenvalue weighted by atomic mass is 16.2. The third kappa shape index (κ3) is 4.58. The van der Waals surface area contributed by atoms with Crippen molar-refractivity contribution >= 4 is 11.6 Å². The molecule has 2 N–H and O–H groups in total. The van der Waals surface area contributed by atoms with E-state index in [9.17, 15) is 4.79 Å². The fourth-order valence-corrected chi connectivity index (χ4v) is 2.67. The lowest BCUT2D eigenvalue weighted by atomic mass is 10.1. The minimum atomic E-state index is 0.340. The number of benzene rings is 1. The van der Waals surface area contributed by atoms with Gasteiger partial charge in [-0.05, 0) is 43.4 Å². The van der Waals surface area contributed by atoms with Crippen LogP contribution in [-0.2, 0) is 11.2 Å². The van der Waals surface area contributed by atoms with Gasteiger partial charge in [0.25, 0.3) is 0 Å². The molecule has 3 heteroatoms. The molecule has 0 aromatic heterocycles. The van der Waals surface area contributed by atoms with Crippen molar-refractivity contribution in [3.8, 4) is 0 Å². The molecule has 0 atom stereocenters. The standard InChI is InChI=1S/C16H24N2O/c17-15-9-5-7-14(13-15)8-6-12-18-11-4-2-1-3-10-16(18)19/h5,7,9,13H,1-4,6,8,10-12,17H2. The molecule has 104 valence electrons. The van der Waals surface area contributed by atoms with Gasteiger partial charge >= 0.3 is 0 Å². The van der Waals surface area contributed by atoms with Crippen molar-refractivity contribution in [2.75, 3.05) is 18.8 Å². The largest absolute Gasteiger partial charge is 0.399 e. The van der Waals surface area contributed by atoms with E-state index in [2.05, 4.69) is 6.07 Å². The van der Waals surface area contributed by atoms with Crippen LogP contribution in [0.5, 0.6) is 0 Å². The number of hydrogen-bond donors (Lipinski definition) is 1. The SMILES string of the molecule is Nc1cccc(CCCN2CCCCCCC2=O)c1. The van der Waals surface area contributed by atoms with Crippen molar-refractivity contribution in [1.82, 2.24) is 4.90 Å². The molecule has 0 radical (unpaired) electrons. The van der Waals surface area contributed by atoms with Crippen LogP contribution in [0.15, 0.2) is 24.3 Å². The van der Waals surface area contributed by atoms with Crippen LogP contribution >= 0.6 is 0 Å². The smallest absolute Gasteiger partial charge is 0.222 e. The molecule has 1 aliphatic heterocycles. The first-order valence-corrected chi connectivity index (χ1v) is 7.38. The van der Waals surface area contributed by atoms with E-state index in [-0.39, 0.29) is 0 Å². The molecule has 0 unspecified atom stereocenters. The van der Waals surface area contributed by atoms with E-state index in [0.29, 0.717) is 5.91 Å². The second-order valence-electron chi connectivity index (χ2n) is 5.39. The summed E-state index contributed by atoms with van der Waals surface area (Å²) in [7, 11) is 0. The van der Waals surface area contributed by atoms with Crippen LogP contribution in [0.2, 0.25) is 0 Å². The molecular formula is C16H24N2O. The lowest BCUT2D eigenvalue weighted by molar-refractivity contribution is -0.131. The molecule has 1 amide bonds. The third-order valence-electron chi connectivity index (χ3n) is 3.77. The number of likely N-dealkylation sites (tertiary alicyclic amines) is 1. The Bertz CT molecular complexity index is 417. The summed E-state index contributed by atoms with van der Waals surface area (Å²) in [4.78, 5) is 14.0. The molecular weight excluding hydrogens is 236 g/mol. The van der Waals surface area contributed by atoms with E-state index in [1.165, 1.54) is 18.4 Å². The van der Waals surface area contributed by atoms with E-state index in [0.717, 1.165) is 50.9 Å². The fraction of sp³-hybridized carbons (Fsp3) is 0.562. The summed E-state index contributed by atoms with van der Waals surface area (Å²) in [6.45, 7) is 1.82. The number of nitrogens with two attached hydrogens (primary N) is 1. The summed E-state index contributed by atoms with van der Waals surface area (Å²) >= 11 is 0. The van der Waals surface area contributed by atoms with Gasteiger partial charge in [0.15, 0.2) is 0 Å². The van der Waals surface area contributed by atoms with Crippen molar-refractivity contribution in [3.05, 3.63) is 29.8 Å². The maximum absolute atomic E-state index is 12.0. The topological polar surface area (TPSA) is 46.3 Å². The number of carbonyl (C=O) groups is 1. The van der Waals surface area contributed by atoms with Crippen molar-refractivity contribution in [2.24, 2.45) is 0 Å². The van der Waals surface area contributed by atoms with E-state index >= 15 is 0 Å². The minimum absolute atomic E-state index is 0.340. The number of hydrogen-bond acceptors (Lipinski definition) is 2. The average molecular weight is 260 g/mol. The Kier molecular flexibility index (Phi) is 5.25. The third-order valence-corrected chi connectivity index (χ3v) is 3.77. The summed E-state index contributed by atoms with van der Waals surface area (Å²) in [5.41, 5.74) is 7.85. The number of nitrogen functional groups attached to an aromatic ring is 1. The highest BCUT2D eigenvalue weighted by Crippen LogP contribution is 2.13. The van der Waals surface area contributed by atoms with E-state index in [1.54, 1.807) is 0 Å². The van der Waals surface area contributed by atoms with Gasteiger partial charge in [-0.1, -0.05) is 25.0 Å². The Morgan fingerprint density at radius 3 is 2.84 bits per heavy atom. The summed E-state index contributed by atoms with van der Waals surface area (Å²) in [6, 6.07) is 8.03. The predicted octanol–water partition coefficient (Wildman–Crippen LogP) is 2.99. The van der Waals surface area contributed by atoms with Gasteiger partial charge in [-0.2, -0.15) is 0 Å². The molecule has 0 aliphatic carbocycles. The van der Waals surface area contributed by atoms with Gasteiger partial charge in [-0.25, -0.2) is 0 Å². The molecule has 2 rings (SSSR count).